The van der Waals surface area contributed by atoms with Gasteiger partial charge in [-0.25, -0.2) is 0 Å². The monoisotopic (exact) mass is 222 g/mol. The Morgan fingerprint density at radius 1 is 1.27 bits per heavy atom. The Kier molecular flexibility index (Phi) is 4.47. The number of hydrogen-bond donors (Lipinski definition) is 0. The van der Waals surface area contributed by atoms with E-state index >= 15 is 0 Å². The predicted octanol–water partition coefficient (Wildman–Crippen LogP) is 3.78. The molecule has 1 nitrogen and oxygen atoms in total. The van der Waals surface area contributed by atoms with Gasteiger partial charge in [-0.05, 0) is 45.6 Å². The second-order valence-corrected chi connectivity index (χ2v) is 5.59. The molecular weight excluding hydrogens is 203 g/mol. The van der Waals surface area contributed by atoms with Crippen molar-refractivity contribution in [2.24, 2.45) is 5.92 Å². The molecule has 1 unspecified atom stereocenters. The Morgan fingerprint density at radius 3 is 2.27 bits per heavy atom. The summed E-state index contributed by atoms with van der Waals surface area (Å²) < 4.78 is 0. The summed E-state index contributed by atoms with van der Waals surface area (Å²) in [6.45, 7) is 8.34. The maximum atomic E-state index is 12.0. The van der Waals surface area contributed by atoms with Crippen LogP contribution in [0, 0.1) is 19.8 Å². The van der Waals surface area contributed by atoms with Crippen molar-refractivity contribution in [2.45, 2.75) is 27.7 Å². The van der Waals surface area contributed by atoms with Crippen LogP contribution in [0.5, 0.6) is 0 Å². The molecule has 0 bridgehead atoms. The van der Waals surface area contributed by atoms with Gasteiger partial charge >= 0.3 is 0 Å². The van der Waals surface area contributed by atoms with Gasteiger partial charge in [-0.3, -0.25) is 4.79 Å². The SMILES string of the molecule is Cc1cccc(C)c1C(=O)PCC(C)C. The van der Waals surface area contributed by atoms with Crippen molar-refractivity contribution in [3.63, 3.8) is 0 Å². The average molecular weight is 222 g/mol. The van der Waals surface area contributed by atoms with E-state index in [1.165, 1.54) is 0 Å². The molecule has 0 saturated carbocycles. The Labute approximate surface area is 94.1 Å². The van der Waals surface area contributed by atoms with Crippen LogP contribution in [0.3, 0.4) is 0 Å². The summed E-state index contributed by atoms with van der Waals surface area (Å²) in [6, 6.07) is 6.03. The molecule has 1 aromatic carbocycles. The van der Waals surface area contributed by atoms with E-state index in [0.29, 0.717) is 20.0 Å². The minimum absolute atomic E-state index is 0.319. The lowest BCUT2D eigenvalue weighted by molar-refractivity contribution is 0.108. The van der Waals surface area contributed by atoms with Crippen LogP contribution >= 0.6 is 8.58 Å². The van der Waals surface area contributed by atoms with Crippen LogP contribution in [0.25, 0.3) is 0 Å². The van der Waals surface area contributed by atoms with Crippen molar-refractivity contribution in [2.75, 3.05) is 6.16 Å². The minimum atomic E-state index is 0.319. The lowest BCUT2D eigenvalue weighted by Crippen LogP contribution is -2.01. The number of aryl methyl sites for hydroxylation is 2. The fourth-order valence-electron chi connectivity index (χ4n) is 1.56. The second kappa shape index (κ2) is 5.42. The fourth-order valence-corrected chi connectivity index (χ4v) is 2.72. The summed E-state index contributed by atoms with van der Waals surface area (Å²) in [5.74, 6) is 0.608. The highest BCUT2D eigenvalue weighted by Crippen LogP contribution is 2.25. The first kappa shape index (κ1) is 12.4. The third-order valence-electron chi connectivity index (χ3n) is 2.38. The number of hydrogen-bond acceptors (Lipinski definition) is 1. The zero-order valence-corrected chi connectivity index (χ0v) is 10.9. The van der Waals surface area contributed by atoms with E-state index in [0.717, 1.165) is 22.9 Å². The van der Waals surface area contributed by atoms with E-state index in [2.05, 4.69) is 13.8 Å². The molecule has 0 radical (unpaired) electrons. The number of carbonyl (C=O) groups excluding carboxylic acids is 1. The third kappa shape index (κ3) is 3.43. The normalized spacial score (nSPS) is 11.5. The van der Waals surface area contributed by atoms with Crippen molar-refractivity contribution >= 4 is 14.1 Å². The maximum Gasteiger partial charge on any atom is 0.181 e. The Balaban J connectivity index is 2.82. The Morgan fingerprint density at radius 2 is 1.80 bits per heavy atom. The summed E-state index contributed by atoms with van der Waals surface area (Å²) in [7, 11) is 0.418. The van der Waals surface area contributed by atoms with Crippen molar-refractivity contribution < 1.29 is 4.79 Å². The zero-order valence-electron chi connectivity index (χ0n) is 9.92. The quantitative estimate of drug-likeness (QED) is 0.708. The van der Waals surface area contributed by atoms with E-state index in [9.17, 15) is 4.79 Å². The predicted molar refractivity (Wildman–Crippen MR) is 68.3 cm³/mol. The van der Waals surface area contributed by atoms with Crippen LogP contribution in [-0.2, 0) is 0 Å². The summed E-state index contributed by atoms with van der Waals surface area (Å²) in [5.41, 5.74) is 3.48. The lowest BCUT2D eigenvalue weighted by atomic mass is 10.0. The topological polar surface area (TPSA) is 17.1 Å². The van der Waals surface area contributed by atoms with Crippen LogP contribution in [0.1, 0.15) is 35.3 Å². The van der Waals surface area contributed by atoms with Crippen LogP contribution in [0.2, 0.25) is 0 Å². The van der Waals surface area contributed by atoms with Gasteiger partial charge in [0.05, 0.1) is 0 Å². The van der Waals surface area contributed by atoms with Gasteiger partial charge < -0.3 is 0 Å². The van der Waals surface area contributed by atoms with Gasteiger partial charge in [-0.15, -0.1) is 0 Å². The lowest BCUT2D eigenvalue weighted by Gasteiger charge is -2.09. The molecule has 0 aliphatic heterocycles. The van der Waals surface area contributed by atoms with E-state index in [1.807, 2.05) is 32.0 Å². The molecule has 0 aliphatic carbocycles. The highest BCUT2D eigenvalue weighted by Gasteiger charge is 2.11. The van der Waals surface area contributed by atoms with Gasteiger partial charge in [0.25, 0.3) is 0 Å². The molecule has 82 valence electrons. The highest BCUT2D eigenvalue weighted by molar-refractivity contribution is 7.58. The van der Waals surface area contributed by atoms with Crippen molar-refractivity contribution in [3.05, 3.63) is 34.9 Å². The highest BCUT2D eigenvalue weighted by atomic mass is 31.1. The molecule has 0 aromatic heterocycles. The van der Waals surface area contributed by atoms with Crippen molar-refractivity contribution in [3.8, 4) is 0 Å². The number of rotatable bonds is 4. The van der Waals surface area contributed by atoms with Crippen molar-refractivity contribution in [1.82, 2.24) is 0 Å². The van der Waals surface area contributed by atoms with Crippen LogP contribution in [0.15, 0.2) is 18.2 Å². The standard InChI is InChI=1S/C13H19OP/c1-9(2)8-15-13(14)12-10(3)6-5-7-11(12)4/h5-7,9,15H,8H2,1-4H3. The molecule has 0 heterocycles. The molecule has 0 aliphatic rings. The first-order valence-electron chi connectivity index (χ1n) is 5.36. The average Bonchev–Trinajstić information content (AvgIpc) is 2.14. The molecule has 1 atom stereocenters. The molecule has 2 heteroatoms. The first-order valence-corrected chi connectivity index (χ1v) is 6.57. The summed E-state index contributed by atoms with van der Waals surface area (Å²) >= 11 is 0. The molecule has 0 N–H and O–H groups in total. The van der Waals surface area contributed by atoms with Gasteiger partial charge in [0.2, 0.25) is 0 Å². The van der Waals surface area contributed by atoms with Crippen LogP contribution in [-0.4, -0.2) is 11.7 Å². The maximum absolute atomic E-state index is 12.0. The van der Waals surface area contributed by atoms with Crippen LogP contribution < -0.4 is 0 Å². The molecule has 15 heavy (non-hydrogen) atoms. The summed E-state index contributed by atoms with van der Waals surface area (Å²) in [4.78, 5) is 12.0. The largest absolute Gasteiger partial charge is 0.289 e. The van der Waals surface area contributed by atoms with Gasteiger partial charge in [0.15, 0.2) is 5.52 Å². The summed E-state index contributed by atoms with van der Waals surface area (Å²) in [5, 5.41) is 0. The molecule has 0 spiro atoms. The van der Waals surface area contributed by atoms with E-state index < -0.39 is 0 Å². The molecule has 0 saturated heterocycles. The fraction of sp³-hybridized carbons (Fsp3) is 0.462. The number of benzene rings is 1. The third-order valence-corrected chi connectivity index (χ3v) is 3.97. The van der Waals surface area contributed by atoms with E-state index in [4.69, 9.17) is 0 Å². The molecule has 1 rings (SSSR count). The molecule has 1 aromatic rings. The first-order chi connectivity index (χ1) is 7.02. The van der Waals surface area contributed by atoms with E-state index in [1.54, 1.807) is 0 Å². The Bertz CT molecular complexity index is 335. The van der Waals surface area contributed by atoms with Crippen LogP contribution in [0.4, 0.5) is 0 Å². The number of carbonyl (C=O) groups is 1. The van der Waals surface area contributed by atoms with E-state index in [-0.39, 0.29) is 0 Å². The second-order valence-electron chi connectivity index (χ2n) is 4.37. The molecular formula is C13H19OP. The minimum Gasteiger partial charge on any atom is -0.289 e. The van der Waals surface area contributed by atoms with Gasteiger partial charge in [0.1, 0.15) is 0 Å². The van der Waals surface area contributed by atoms with Gasteiger partial charge in [0, 0.05) is 5.56 Å². The zero-order chi connectivity index (χ0) is 11.4. The van der Waals surface area contributed by atoms with Gasteiger partial charge in [-0.2, -0.15) is 0 Å². The van der Waals surface area contributed by atoms with Gasteiger partial charge in [-0.1, -0.05) is 32.0 Å². The molecule has 0 fully saturated rings. The van der Waals surface area contributed by atoms with Crippen molar-refractivity contribution in [1.29, 1.82) is 0 Å². The smallest absolute Gasteiger partial charge is 0.181 e. The molecule has 0 amide bonds. The summed E-state index contributed by atoms with van der Waals surface area (Å²) in [6.07, 6.45) is 1.01. The Hall–Kier alpha value is -0.680.